The number of ether oxygens (including phenoxy) is 2. The molecule has 0 unspecified atom stereocenters. The van der Waals surface area contributed by atoms with Crippen LogP contribution in [0.15, 0.2) is 54.7 Å². The highest BCUT2D eigenvalue weighted by Gasteiger charge is 2.16. The van der Waals surface area contributed by atoms with E-state index in [1.807, 2.05) is 19.1 Å². The predicted octanol–water partition coefficient (Wildman–Crippen LogP) is 4.60. The number of hydrogen-bond donors (Lipinski definition) is 0. The lowest BCUT2D eigenvalue weighted by Gasteiger charge is -2.12. The molecule has 1 aromatic heterocycles. The fourth-order valence-electron chi connectivity index (χ4n) is 3.11. The first-order valence-electron chi connectivity index (χ1n) is 9.72. The van der Waals surface area contributed by atoms with Crippen molar-refractivity contribution >= 4 is 17.5 Å². The predicted molar refractivity (Wildman–Crippen MR) is 116 cm³/mol. The van der Waals surface area contributed by atoms with Gasteiger partial charge in [0.15, 0.2) is 5.75 Å². The van der Waals surface area contributed by atoms with Gasteiger partial charge in [0.05, 0.1) is 12.0 Å². The van der Waals surface area contributed by atoms with Crippen molar-refractivity contribution in [3.63, 3.8) is 0 Å². The third-order valence-electron chi connectivity index (χ3n) is 4.69. The summed E-state index contributed by atoms with van der Waals surface area (Å²) in [5.74, 6) is 0.618. The minimum absolute atomic E-state index is 0.0747. The third-order valence-corrected chi connectivity index (χ3v) is 4.69. The third kappa shape index (κ3) is 5.16. The number of benzene rings is 2. The molecular formula is C23H23N3O5. The summed E-state index contributed by atoms with van der Waals surface area (Å²) in [6, 6.07) is 11.9. The maximum Gasteiger partial charge on any atom is 0.311 e. The van der Waals surface area contributed by atoms with Crippen LogP contribution in [-0.4, -0.2) is 27.6 Å². The molecular weight excluding hydrogens is 398 g/mol. The Balaban J connectivity index is 1.80. The molecule has 0 spiro atoms. The van der Waals surface area contributed by atoms with Crippen LogP contribution < -0.4 is 9.47 Å². The topological polar surface area (TPSA) is 96.5 Å². The van der Waals surface area contributed by atoms with E-state index < -0.39 is 4.92 Å². The Bertz CT molecular complexity index is 1130. The van der Waals surface area contributed by atoms with Crippen molar-refractivity contribution in [2.24, 2.45) is 0 Å². The van der Waals surface area contributed by atoms with Crippen molar-refractivity contribution in [3.8, 4) is 11.5 Å². The van der Waals surface area contributed by atoms with Gasteiger partial charge in [-0.3, -0.25) is 19.6 Å². The molecule has 8 nitrogen and oxygen atoms in total. The number of nitro groups is 1. The fraction of sp³-hybridized carbons (Fsp3) is 0.217. The Labute approximate surface area is 179 Å². The summed E-state index contributed by atoms with van der Waals surface area (Å²) in [4.78, 5) is 23.3. The minimum atomic E-state index is -0.467. The number of nitrogens with zero attached hydrogens (tertiary/aromatic N) is 3. The zero-order valence-electron chi connectivity index (χ0n) is 17.6. The van der Waals surface area contributed by atoms with Crippen molar-refractivity contribution < 1.29 is 19.2 Å². The standard InChI is InChI=1S/C23H23N3O5/c1-4-25-19(11-12-24-25)21(27)8-6-17-7-10-22(30-3)18(14-17)15-31-23-9-5-16(2)13-20(23)26(28)29/h5-14H,4,15H2,1-3H3/b8-6+. The van der Waals surface area contributed by atoms with Gasteiger partial charge in [0.1, 0.15) is 18.1 Å². The first-order chi connectivity index (χ1) is 14.9. The number of carbonyl (C=O) groups is 1. The molecule has 0 saturated carbocycles. The van der Waals surface area contributed by atoms with Gasteiger partial charge < -0.3 is 9.47 Å². The van der Waals surface area contributed by atoms with Gasteiger partial charge in [-0.15, -0.1) is 0 Å². The average Bonchev–Trinajstić information content (AvgIpc) is 3.25. The summed E-state index contributed by atoms with van der Waals surface area (Å²) < 4.78 is 12.7. The molecule has 3 rings (SSSR count). The number of nitro benzene ring substituents is 1. The lowest BCUT2D eigenvalue weighted by Crippen LogP contribution is -2.07. The highest BCUT2D eigenvalue weighted by Crippen LogP contribution is 2.30. The molecule has 0 saturated heterocycles. The molecule has 0 aliphatic rings. The van der Waals surface area contributed by atoms with Crippen LogP contribution in [0.5, 0.6) is 11.5 Å². The van der Waals surface area contributed by atoms with E-state index in [9.17, 15) is 14.9 Å². The molecule has 0 aliphatic heterocycles. The number of rotatable bonds is 9. The lowest BCUT2D eigenvalue weighted by molar-refractivity contribution is -0.386. The maximum atomic E-state index is 12.4. The minimum Gasteiger partial charge on any atom is -0.496 e. The molecule has 3 aromatic rings. The Hall–Kier alpha value is -3.94. The van der Waals surface area contributed by atoms with Crippen molar-refractivity contribution in [1.82, 2.24) is 9.78 Å². The van der Waals surface area contributed by atoms with E-state index in [4.69, 9.17) is 9.47 Å². The number of ketones is 1. The molecule has 0 aliphatic carbocycles. The first kappa shape index (κ1) is 21.8. The van der Waals surface area contributed by atoms with Crippen molar-refractivity contribution in [2.45, 2.75) is 27.0 Å². The monoisotopic (exact) mass is 421 g/mol. The quantitative estimate of drug-likeness (QED) is 0.217. The van der Waals surface area contributed by atoms with E-state index in [0.717, 1.165) is 11.1 Å². The van der Waals surface area contributed by atoms with E-state index in [1.54, 1.807) is 48.1 Å². The molecule has 0 amide bonds. The van der Waals surface area contributed by atoms with Crippen LogP contribution >= 0.6 is 0 Å². The van der Waals surface area contributed by atoms with Crippen LogP contribution in [0, 0.1) is 17.0 Å². The van der Waals surface area contributed by atoms with Gasteiger partial charge >= 0.3 is 5.69 Å². The Morgan fingerprint density at radius 1 is 1.19 bits per heavy atom. The second-order valence-corrected chi connectivity index (χ2v) is 6.82. The molecule has 0 atom stereocenters. The Morgan fingerprint density at radius 2 is 1.97 bits per heavy atom. The summed E-state index contributed by atoms with van der Waals surface area (Å²) in [6.07, 6.45) is 4.78. The highest BCUT2D eigenvalue weighted by molar-refractivity contribution is 6.05. The molecule has 0 radical (unpaired) electrons. The van der Waals surface area contributed by atoms with Gasteiger partial charge in [-0.25, -0.2) is 0 Å². The van der Waals surface area contributed by atoms with Crippen LogP contribution in [0.4, 0.5) is 5.69 Å². The molecule has 0 bridgehead atoms. The van der Waals surface area contributed by atoms with Crippen LogP contribution in [0.1, 0.15) is 34.1 Å². The Kier molecular flexibility index (Phi) is 6.81. The first-order valence-corrected chi connectivity index (χ1v) is 9.72. The van der Waals surface area contributed by atoms with Gasteiger partial charge in [-0.05, 0) is 55.3 Å². The summed E-state index contributed by atoms with van der Waals surface area (Å²) >= 11 is 0. The molecule has 0 fully saturated rings. The lowest BCUT2D eigenvalue weighted by atomic mass is 10.1. The van der Waals surface area contributed by atoms with Gasteiger partial charge in [-0.2, -0.15) is 5.10 Å². The zero-order chi connectivity index (χ0) is 22.4. The highest BCUT2D eigenvalue weighted by atomic mass is 16.6. The summed E-state index contributed by atoms with van der Waals surface area (Å²) in [5, 5.41) is 15.4. The number of carbonyl (C=O) groups excluding carboxylic acids is 1. The second-order valence-electron chi connectivity index (χ2n) is 6.82. The molecule has 160 valence electrons. The van der Waals surface area contributed by atoms with Gasteiger partial charge in [0, 0.05) is 24.4 Å². The van der Waals surface area contributed by atoms with E-state index in [1.165, 1.54) is 19.3 Å². The molecule has 2 aromatic carbocycles. The summed E-state index contributed by atoms with van der Waals surface area (Å²) in [5.41, 5.74) is 2.67. The molecule has 0 N–H and O–H groups in total. The van der Waals surface area contributed by atoms with Crippen LogP contribution in [0.25, 0.3) is 6.08 Å². The zero-order valence-corrected chi connectivity index (χ0v) is 17.6. The summed E-state index contributed by atoms with van der Waals surface area (Å²) in [7, 11) is 1.54. The van der Waals surface area contributed by atoms with Gasteiger partial charge in [0.2, 0.25) is 5.78 Å². The van der Waals surface area contributed by atoms with Gasteiger partial charge in [-0.1, -0.05) is 18.2 Å². The van der Waals surface area contributed by atoms with Crippen molar-refractivity contribution in [2.75, 3.05) is 7.11 Å². The SMILES string of the molecule is CCn1nccc1C(=O)/C=C/c1ccc(OC)c(COc2ccc(C)cc2[N+](=O)[O-])c1. The van der Waals surface area contributed by atoms with E-state index >= 15 is 0 Å². The second kappa shape index (κ2) is 9.71. The van der Waals surface area contributed by atoms with E-state index in [2.05, 4.69) is 5.10 Å². The average molecular weight is 421 g/mol. The van der Waals surface area contributed by atoms with Gasteiger partial charge in [0.25, 0.3) is 0 Å². The molecule has 1 heterocycles. The molecule has 8 heteroatoms. The number of aromatic nitrogens is 2. The van der Waals surface area contributed by atoms with Crippen molar-refractivity contribution in [3.05, 3.63) is 87.2 Å². The van der Waals surface area contributed by atoms with Crippen molar-refractivity contribution in [1.29, 1.82) is 0 Å². The smallest absolute Gasteiger partial charge is 0.311 e. The van der Waals surface area contributed by atoms with E-state index in [-0.39, 0.29) is 23.8 Å². The largest absolute Gasteiger partial charge is 0.496 e. The number of methoxy groups -OCH3 is 1. The maximum absolute atomic E-state index is 12.4. The number of allylic oxidation sites excluding steroid dienone is 1. The number of hydrogen-bond acceptors (Lipinski definition) is 6. The fourth-order valence-corrected chi connectivity index (χ4v) is 3.11. The normalized spacial score (nSPS) is 10.9. The summed E-state index contributed by atoms with van der Waals surface area (Å²) in [6.45, 7) is 4.38. The van der Waals surface area contributed by atoms with Crippen LogP contribution in [0.2, 0.25) is 0 Å². The molecule has 31 heavy (non-hydrogen) atoms. The Morgan fingerprint density at radius 3 is 2.68 bits per heavy atom. The van der Waals surface area contributed by atoms with E-state index in [0.29, 0.717) is 23.6 Å². The van der Waals surface area contributed by atoms with Crippen LogP contribution in [-0.2, 0) is 13.2 Å². The van der Waals surface area contributed by atoms with Crippen LogP contribution in [0.3, 0.4) is 0 Å². The number of aryl methyl sites for hydroxylation is 2.